The maximum absolute atomic E-state index is 12.5. The Kier molecular flexibility index (Phi) is 4.89. The molecule has 5 heteroatoms. The zero-order valence-corrected chi connectivity index (χ0v) is 14.0. The Morgan fingerprint density at radius 2 is 1.79 bits per heavy atom. The second kappa shape index (κ2) is 7.25. The Balaban J connectivity index is 1.73. The van der Waals surface area contributed by atoms with Gasteiger partial charge in [-0.25, -0.2) is 4.68 Å². The fraction of sp³-hybridized carbons (Fsp3) is 0.316. The van der Waals surface area contributed by atoms with Crippen molar-refractivity contribution in [2.75, 3.05) is 0 Å². The molecule has 1 N–H and O–H groups in total. The van der Waals surface area contributed by atoms with E-state index in [1.807, 2.05) is 42.5 Å². The first-order valence-corrected chi connectivity index (χ1v) is 8.26. The van der Waals surface area contributed by atoms with Crippen molar-refractivity contribution in [2.45, 2.75) is 32.9 Å². The van der Waals surface area contributed by atoms with Gasteiger partial charge in [-0.2, -0.15) is 0 Å². The van der Waals surface area contributed by atoms with E-state index in [-0.39, 0.29) is 18.5 Å². The van der Waals surface area contributed by atoms with Crippen molar-refractivity contribution in [3.05, 3.63) is 60.2 Å². The minimum absolute atomic E-state index is 0.00786. The van der Waals surface area contributed by atoms with Gasteiger partial charge in [-0.15, -0.1) is 5.10 Å². The highest BCUT2D eigenvalue weighted by molar-refractivity contribution is 5.80. The smallest absolute Gasteiger partial charge is 0.242 e. The van der Waals surface area contributed by atoms with Crippen molar-refractivity contribution in [1.29, 1.82) is 0 Å². The SMILES string of the molecule is CC(C)CC(NC(=O)Cn1nnc2ccccc21)c1ccccc1. The van der Waals surface area contributed by atoms with E-state index in [2.05, 4.69) is 41.6 Å². The fourth-order valence-electron chi connectivity index (χ4n) is 2.85. The van der Waals surface area contributed by atoms with E-state index >= 15 is 0 Å². The highest BCUT2D eigenvalue weighted by Crippen LogP contribution is 2.21. The molecule has 0 fully saturated rings. The van der Waals surface area contributed by atoms with E-state index in [0.717, 1.165) is 23.0 Å². The molecule has 0 saturated carbocycles. The number of fused-ring (bicyclic) bond motifs is 1. The molecule has 1 amide bonds. The van der Waals surface area contributed by atoms with Gasteiger partial charge in [-0.05, 0) is 30.0 Å². The summed E-state index contributed by atoms with van der Waals surface area (Å²) in [5, 5.41) is 11.3. The molecule has 3 aromatic rings. The third kappa shape index (κ3) is 3.79. The summed E-state index contributed by atoms with van der Waals surface area (Å²) in [6.45, 7) is 4.49. The van der Waals surface area contributed by atoms with Gasteiger partial charge >= 0.3 is 0 Å². The summed E-state index contributed by atoms with van der Waals surface area (Å²) in [4.78, 5) is 12.5. The van der Waals surface area contributed by atoms with Gasteiger partial charge < -0.3 is 5.32 Å². The quantitative estimate of drug-likeness (QED) is 0.757. The van der Waals surface area contributed by atoms with Crippen LogP contribution in [0.1, 0.15) is 31.9 Å². The highest BCUT2D eigenvalue weighted by Gasteiger charge is 2.17. The van der Waals surface area contributed by atoms with Crippen LogP contribution in [-0.2, 0) is 11.3 Å². The third-order valence-electron chi connectivity index (χ3n) is 3.96. The first-order valence-electron chi connectivity index (χ1n) is 8.26. The van der Waals surface area contributed by atoms with E-state index in [9.17, 15) is 4.79 Å². The van der Waals surface area contributed by atoms with Crippen LogP contribution in [-0.4, -0.2) is 20.9 Å². The number of hydrogen-bond acceptors (Lipinski definition) is 3. The molecule has 3 rings (SSSR count). The zero-order chi connectivity index (χ0) is 16.9. The fourth-order valence-corrected chi connectivity index (χ4v) is 2.85. The lowest BCUT2D eigenvalue weighted by atomic mass is 9.97. The van der Waals surface area contributed by atoms with Gasteiger partial charge in [-0.3, -0.25) is 4.79 Å². The molecule has 5 nitrogen and oxygen atoms in total. The Labute approximate surface area is 141 Å². The topological polar surface area (TPSA) is 59.8 Å². The maximum atomic E-state index is 12.5. The van der Waals surface area contributed by atoms with Crippen molar-refractivity contribution in [2.24, 2.45) is 5.92 Å². The normalized spacial score (nSPS) is 12.5. The van der Waals surface area contributed by atoms with Gasteiger partial charge in [0.15, 0.2) is 0 Å². The average Bonchev–Trinajstić information content (AvgIpc) is 2.98. The lowest BCUT2D eigenvalue weighted by Crippen LogP contribution is -2.32. The molecule has 0 radical (unpaired) electrons. The predicted molar refractivity (Wildman–Crippen MR) is 94.3 cm³/mol. The van der Waals surface area contributed by atoms with Crippen molar-refractivity contribution in [1.82, 2.24) is 20.3 Å². The second-order valence-corrected chi connectivity index (χ2v) is 6.40. The summed E-state index contributed by atoms with van der Waals surface area (Å²) in [6, 6.07) is 17.7. The number of carbonyl (C=O) groups excluding carboxylic acids is 1. The lowest BCUT2D eigenvalue weighted by molar-refractivity contribution is -0.122. The molecule has 24 heavy (non-hydrogen) atoms. The number of para-hydroxylation sites is 1. The molecule has 1 unspecified atom stereocenters. The number of benzene rings is 2. The number of hydrogen-bond donors (Lipinski definition) is 1. The molecule has 0 aliphatic carbocycles. The molecule has 0 aliphatic heterocycles. The highest BCUT2D eigenvalue weighted by atomic mass is 16.2. The van der Waals surface area contributed by atoms with Gasteiger partial charge in [0.25, 0.3) is 0 Å². The number of carbonyl (C=O) groups is 1. The predicted octanol–water partition coefficient (Wildman–Crippen LogP) is 3.33. The summed E-state index contributed by atoms with van der Waals surface area (Å²) in [5.74, 6) is 0.433. The van der Waals surface area contributed by atoms with E-state index < -0.39 is 0 Å². The molecule has 1 aromatic heterocycles. The molecule has 1 heterocycles. The molecule has 0 bridgehead atoms. The van der Waals surface area contributed by atoms with Crippen LogP contribution in [0, 0.1) is 5.92 Å². The number of nitrogens with one attached hydrogen (secondary N) is 1. The van der Waals surface area contributed by atoms with E-state index in [1.54, 1.807) is 4.68 Å². The van der Waals surface area contributed by atoms with Gasteiger partial charge in [0, 0.05) is 0 Å². The average molecular weight is 322 g/mol. The van der Waals surface area contributed by atoms with Crippen LogP contribution in [0.5, 0.6) is 0 Å². The summed E-state index contributed by atoms with van der Waals surface area (Å²) in [5.41, 5.74) is 2.79. The molecule has 0 saturated heterocycles. The van der Waals surface area contributed by atoms with Crippen molar-refractivity contribution < 1.29 is 4.79 Å². The zero-order valence-electron chi connectivity index (χ0n) is 14.0. The van der Waals surface area contributed by atoms with Crippen LogP contribution in [0.15, 0.2) is 54.6 Å². The molecule has 0 spiro atoms. The molecule has 0 aliphatic rings. The Morgan fingerprint density at radius 3 is 2.54 bits per heavy atom. The van der Waals surface area contributed by atoms with Gasteiger partial charge in [0.1, 0.15) is 12.1 Å². The van der Waals surface area contributed by atoms with Crippen LogP contribution < -0.4 is 5.32 Å². The number of aromatic nitrogens is 3. The third-order valence-corrected chi connectivity index (χ3v) is 3.96. The van der Waals surface area contributed by atoms with Crippen LogP contribution in [0.4, 0.5) is 0 Å². The van der Waals surface area contributed by atoms with Crippen molar-refractivity contribution in [3.8, 4) is 0 Å². The molecular formula is C19H22N4O. The summed E-state index contributed by atoms with van der Waals surface area (Å²) < 4.78 is 1.64. The molecular weight excluding hydrogens is 300 g/mol. The minimum Gasteiger partial charge on any atom is -0.348 e. The van der Waals surface area contributed by atoms with Gasteiger partial charge in [0.05, 0.1) is 11.6 Å². The van der Waals surface area contributed by atoms with Crippen molar-refractivity contribution in [3.63, 3.8) is 0 Å². The van der Waals surface area contributed by atoms with E-state index in [4.69, 9.17) is 0 Å². The summed E-state index contributed by atoms with van der Waals surface area (Å²) >= 11 is 0. The first kappa shape index (κ1) is 16.2. The monoisotopic (exact) mass is 322 g/mol. The summed E-state index contributed by atoms with van der Waals surface area (Å²) in [7, 11) is 0. The number of rotatable bonds is 6. The lowest BCUT2D eigenvalue weighted by Gasteiger charge is -2.21. The van der Waals surface area contributed by atoms with Crippen molar-refractivity contribution >= 4 is 16.9 Å². The largest absolute Gasteiger partial charge is 0.348 e. The van der Waals surface area contributed by atoms with Crippen LogP contribution in [0.2, 0.25) is 0 Å². The van der Waals surface area contributed by atoms with Gasteiger partial charge in [-0.1, -0.05) is 61.5 Å². The van der Waals surface area contributed by atoms with E-state index in [0.29, 0.717) is 5.92 Å². The van der Waals surface area contributed by atoms with E-state index in [1.165, 1.54) is 0 Å². The molecule has 2 aromatic carbocycles. The standard InChI is InChI=1S/C19H22N4O/c1-14(2)12-17(15-8-4-3-5-9-15)20-19(24)13-23-18-11-7-6-10-16(18)21-22-23/h3-11,14,17H,12-13H2,1-2H3,(H,20,24). The molecule has 1 atom stereocenters. The minimum atomic E-state index is -0.0554. The number of nitrogens with zero attached hydrogens (tertiary/aromatic N) is 3. The van der Waals surface area contributed by atoms with Crippen LogP contribution in [0.3, 0.4) is 0 Å². The van der Waals surface area contributed by atoms with Gasteiger partial charge in [0.2, 0.25) is 5.91 Å². The first-order chi connectivity index (χ1) is 11.6. The second-order valence-electron chi connectivity index (χ2n) is 6.40. The Morgan fingerprint density at radius 1 is 1.08 bits per heavy atom. The Hall–Kier alpha value is -2.69. The number of amides is 1. The summed E-state index contributed by atoms with van der Waals surface area (Å²) in [6.07, 6.45) is 0.897. The Bertz CT molecular complexity index is 810. The molecule has 124 valence electrons. The maximum Gasteiger partial charge on any atom is 0.242 e. The van der Waals surface area contributed by atoms with Crippen LogP contribution >= 0.6 is 0 Å². The van der Waals surface area contributed by atoms with Crippen LogP contribution in [0.25, 0.3) is 11.0 Å².